The molecule has 7 atom stereocenters. The van der Waals surface area contributed by atoms with Gasteiger partial charge in [0.1, 0.15) is 24.4 Å². The molecule has 1 aliphatic heterocycles. The van der Waals surface area contributed by atoms with Crippen LogP contribution >= 0.6 is 0 Å². The molecular formula is C52H87NO8. The highest BCUT2D eigenvalue weighted by Gasteiger charge is 2.44. The number of hydrogen-bond donors (Lipinski definition) is 6. The number of amides is 1. The molecular weight excluding hydrogens is 767 g/mol. The lowest BCUT2D eigenvalue weighted by Crippen LogP contribution is -2.60. The summed E-state index contributed by atoms with van der Waals surface area (Å²) in [6.07, 6.45) is 52.8. The molecule has 6 N–H and O–H groups in total. The van der Waals surface area contributed by atoms with Gasteiger partial charge in [-0.1, -0.05) is 188 Å². The maximum absolute atomic E-state index is 12.8. The van der Waals surface area contributed by atoms with Gasteiger partial charge in [0.05, 0.1) is 25.4 Å². The van der Waals surface area contributed by atoms with Gasteiger partial charge in [-0.15, -0.1) is 0 Å². The molecule has 9 heteroatoms. The van der Waals surface area contributed by atoms with E-state index in [1.54, 1.807) is 6.08 Å². The molecule has 0 aromatic rings. The summed E-state index contributed by atoms with van der Waals surface area (Å²) in [6.45, 7) is 3.42. The molecule has 0 radical (unpaired) electrons. The summed E-state index contributed by atoms with van der Waals surface area (Å²) in [7, 11) is 0. The predicted molar refractivity (Wildman–Crippen MR) is 253 cm³/mol. The van der Waals surface area contributed by atoms with Crippen LogP contribution in [0.15, 0.2) is 97.2 Å². The number of ether oxygens (including phenoxy) is 2. The van der Waals surface area contributed by atoms with Crippen LogP contribution in [0.5, 0.6) is 0 Å². The number of aliphatic hydroxyl groups excluding tert-OH is 5. The van der Waals surface area contributed by atoms with Gasteiger partial charge in [-0.3, -0.25) is 4.79 Å². The normalized spacial score (nSPS) is 21.3. The highest BCUT2D eigenvalue weighted by atomic mass is 16.7. The van der Waals surface area contributed by atoms with Crippen molar-refractivity contribution in [2.45, 2.75) is 211 Å². The third kappa shape index (κ3) is 31.6. The van der Waals surface area contributed by atoms with Crippen molar-refractivity contribution in [2.24, 2.45) is 0 Å². The van der Waals surface area contributed by atoms with E-state index in [4.69, 9.17) is 9.47 Å². The molecule has 7 unspecified atom stereocenters. The minimum Gasteiger partial charge on any atom is -0.394 e. The smallest absolute Gasteiger partial charge is 0.220 e. The van der Waals surface area contributed by atoms with Gasteiger partial charge in [0.2, 0.25) is 5.91 Å². The largest absolute Gasteiger partial charge is 0.394 e. The molecule has 0 aliphatic carbocycles. The Hall–Kier alpha value is -2.89. The number of carbonyl (C=O) groups is 1. The van der Waals surface area contributed by atoms with E-state index < -0.39 is 49.5 Å². The van der Waals surface area contributed by atoms with Crippen LogP contribution in [0.3, 0.4) is 0 Å². The van der Waals surface area contributed by atoms with Crippen LogP contribution in [0.2, 0.25) is 0 Å². The fraction of sp³-hybridized carbons (Fsp3) is 0.673. The highest BCUT2D eigenvalue weighted by molar-refractivity contribution is 5.76. The topological polar surface area (TPSA) is 149 Å². The second kappa shape index (κ2) is 41.1. The zero-order chi connectivity index (χ0) is 44.4. The average molecular weight is 854 g/mol. The van der Waals surface area contributed by atoms with Crippen molar-refractivity contribution in [1.29, 1.82) is 0 Å². The third-order valence-corrected chi connectivity index (χ3v) is 10.6. The minimum absolute atomic E-state index is 0.196. The zero-order valence-electron chi connectivity index (χ0n) is 38.1. The lowest BCUT2D eigenvalue weighted by Gasteiger charge is -2.40. The number of unbranched alkanes of at least 4 members (excludes halogenated alkanes) is 14. The summed E-state index contributed by atoms with van der Waals surface area (Å²) in [5.74, 6) is -0.196. The molecule has 1 amide bonds. The minimum atomic E-state index is -1.57. The van der Waals surface area contributed by atoms with Crippen LogP contribution < -0.4 is 5.32 Å². The van der Waals surface area contributed by atoms with Crippen LogP contribution in [-0.4, -0.2) is 87.5 Å². The Balaban J connectivity index is 2.02. The van der Waals surface area contributed by atoms with E-state index in [-0.39, 0.29) is 12.5 Å². The first-order chi connectivity index (χ1) is 29.8. The molecule has 1 aliphatic rings. The Morgan fingerprint density at radius 2 is 1.02 bits per heavy atom. The fourth-order valence-electron chi connectivity index (χ4n) is 6.85. The van der Waals surface area contributed by atoms with E-state index in [0.717, 1.165) is 77.0 Å². The van der Waals surface area contributed by atoms with E-state index in [0.29, 0.717) is 6.42 Å². The Morgan fingerprint density at radius 3 is 1.48 bits per heavy atom. The summed E-state index contributed by atoms with van der Waals surface area (Å²) in [5.41, 5.74) is 0. The first-order valence-electron chi connectivity index (χ1n) is 24.0. The van der Waals surface area contributed by atoms with Gasteiger partial charge >= 0.3 is 0 Å². The number of aliphatic hydroxyl groups is 5. The van der Waals surface area contributed by atoms with Crippen LogP contribution in [0.4, 0.5) is 0 Å². The molecule has 0 aromatic heterocycles. The molecule has 9 nitrogen and oxygen atoms in total. The molecule has 1 rings (SSSR count). The van der Waals surface area contributed by atoms with E-state index in [1.807, 2.05) is 13.0 Å². The number of nitrogens with one attached hydrogen (secondary N) is 1. The van der Waals surface area contributed by atoms with Gasteiger partial charge in [0.25, 0.3) is 0 Å². The summed E-state index contributed by atoms with van der Waals surface area (Å²) >= 11 is 0. The first kappa shape index (κ1) is 56.1. The lowest BCUT2D eigenvalue weighted by atomic mass is 9.99. The van der Waals surface area contributed by atoms with Crippen LogP contribution in [-0.2, 0) is 14.3 Å². The maximum atomic E-state index is 12.8. The summed E-state index contributed by atoms with van der Waals surface area (Å²) < 4.78 is 11.0. The van der Waals surface area contributed by atoms with E-state index in [9.17, 15) is 30.3 Å². The van der Waals surface area contributed by atoms with Crippen molar-refractivity contribution in [3.8, 4) is 0 Å². The van der Waals surface area contributed by atoms with Gasteiger partial charge in [-0.25, -0.2) is 0 Å². The van der Waals surface area contributed by atoms with Gasteiger partial charge < -0.3 is 40.3 Å². The molecule has 0 saturated carbocycles. The van der Waals surface area contributed by atoms with Crippen molar-refractivity contribution in [3.63, 3.8) is 0 Å². The Morgan fingerprint density at radius 1 is 0.574 bits per heavy atom. The molecule has 1 saturated heterocycles. The maximum Gasteiger partial charge on any atom is 0.220 e. The van der Waals surface area contributed by atoms with Gasteiger partial charge in [-0.2, -0.15) is 0 Å². The van der Waals surface area contributed by atoms with Crippen molar-refractivity contribution >= 4 is 5.91 Å². The van der Waals surface area contributed by atoms with E-state index in [2.05, 4.69) is 97.3 Å². The SMILES string of the molecule is CC/C=C\C/C=C\C/C=C\C/C=C\C/C=C\C/C=C\C/C=C\CCCCCCCCCCCCCCCC(=O)NC(COC1OC(CO)C(O)C(O)C1O)C(O)/C=C/CCC. The van der Waals surface area contributed by atoms with Crippen molar-refractivity contribution < 1.29 is 39.8 Å². The lowest BCUT2D eigenvalue weighted by molar-refractivity contribution is -0.302. The first-order valence-corrected chi connectivity index (χ1v) is 24.0. The third-order valence-electron chi connectivity index (χ3n) is 10.6. The van der Waals surface area contributed by atoms with Crippen molar-refractivity contribution in [2.75, 3.05) is 13.2 Å². The fourth-order valence-corrected chi connectivity index (χ4v) is 6.85. The van der Waals surface area contributed by atoms with Crippen LogP contribution in [0, 0.1) is 0 Å². The number of allylic oxidation sites excluding steroid dienone is 15. The Labute approximate surface area is 371 Å². The van der Waals surface area contributed by atoms with Gasteiger partial charge in [0, 0.05) is 6.42 Å². The Bertz CT molecular complexity index is 1270. The molecule has 61 heavy (non-hydrogen) atoms. The standard InChI is InChI=1S/C52H87NO8/c1-3-5-7-8-9-10-11-12-13-14-15-16-17-18-19-20-21-22-23-24-25-26-27-28-29-30-31-32-33-34-35-36-37-38-40-42-48(56)53-45(46(55)41-39-6-4-2)44-60-52-51(59)50(58)49(57)47(43-54)61-52/h5,7,9-10,12-13,15-16,18-19,21-22,24-25,39,41,45-47,49-52,54-55,57-59H,3-4,6,8,11,14,17,20,23,26-38,40,42-44H2,1-2H3,(H,53,56)/b7-5-,10-9-,13-12-,16-15-,19-18-,22-21-,25-24-,41-39+. The summed E-state index contributed by atoms with van der Waals surface area (Å²) in [4.78, 5) is 12.8. The number of carbonyl (C=O) groups excluding carboxylic acids is 1. The zero-order valence-corrected chi connectivity index (χ0v) is 38.1. The summed E-state index contributed by atoms with van der Waals surface area (Å²) in [5, 5.41) is 53.4. The van der Waals surface area contributed by atoms with Gasteiger partial charge in [0.15, 0.2) is 6.29 Å². The summed E-state index contributed by atoms with van der Waals surface area (Å²) in [6, 6.07) is -0.805. The van der Waals surface area contributed by atoms with E-state index in [1.165, 1.54) is 70.6 Å². The predicted octanol–water partition coefficient (Wildman–Crippen LogP) is 10.5. The molecule has 1 fully saturated rings. The second-order valence-electron chi connectivity index (χ2n) is 16.2. The van der Waals surface area contributed by atoms with Crippen LogP contribution in [0.25, 0.3) is 0 Å². The van der Waals surface area contributed by atoms with Crippen molar-refractivity contribution in [3.05, 3.63) is 97.2 Å². The number of hydrogen-bond acceptors (Lipinski definition) is 8. The molecule has 0 bridgehead atoms. The van der Waals surface area contributed by atoms with Crippen LogP contribution in [0.1, 0.15) is 168 Å². The molecule has 348 valence electrons. The molecule has 1 heterocycles. The Kier molecular flexibility index (Phi) is 37.9. The molecule has 0 spiro atoms. The van der Waals surface area contributed by atoms with Crippen molar-refractivity contribution in [1.82, 2.24) is 5.32 Å². The highest BCUT2D eigenvalue weighted by Crippen LogP contribution is 2.22. The monoisotopic (exact) mass is 854 g/mol. The molecule has 0 aromatic carbocycles. The average Bonchev–Trinajstić information content (AvgIpc) is 3.26. The van der Waals surface area contributed by atoms with E-state index >= 15 is 0 Å². The quantitative estimate of drug-likeness (QED) is 0.0266. The second-order valence-corrected chi connectivity index (χ2v) is 16.2. The van der Waals surface area contributed by atoms with Gasteiger partial charge in [-0.05, 0) is 70.6 Å². The number of rotatable bonds is 38.